The number of hydrogen-bond donors (Lipinski definition) is 1. The van der Waals surface area contributed by atoms with Crippen LogP contribution in [0.15, 0.2) is 0 Å². The number of carbonyl (C=O) groups is 1. The summed E-state index contributed by atoms with van der Waals surface area (Å²) in [5, 5.41) is 31.7. The second kappa shape index (κ2) is 4.93. The van der Waals surface area contributed by atoms with E-state index in [4.69, 9.17) is 0 Å². The zero-order chi connectivity index (χ0) is 15.0. The van der Waals surface area contributed by atoms with Crippen LogP contribution in [0.2, 0.25) is 0 Å². The number of carboxylic acid groups (broad SMARTS) is 1. The van der Waals surface area contributed by atoms with E-state index in [0.717, 1.165) is 5.06 Å². The molecule has 1 radical (unpaired) electrons. The molecule has 0 bridgehead atoms. The molecule has 8 nitrogen and oxygen atoms in total. The van der Waals surface area contributed by atoms with Crippen molar-refractivity contribution in [3.8, 4) is 0 Å². The standard InChI is InChI=1S/C11H19N2O6/c1-10(2)5-7(9(14)15)8(6-19-13(17)18)11(3,4)12(10)16/h7-8H,5-6H2,1-4H3,(H,14,15). The third-order valence-electron chi connectivity index (χ3n) is 3.86. The molecule has 1 aliphatic heterocycles. The van der Waals surface area contributed by atoms with Crippen LogP contribution in [0.5, 0.6) is 0 Å². The maximum atomic E-state index is 12.3. The van der Waals surface area contributed by atoms with Gasteiger partial charge in [0.05, 0.1) is 5.92 Å². The van der Waals surface area contributed by atoms with Crippen molar-refractivity contribution in [2.45, 2.75) is 45.2 Å². The van der Waals surface area contributed by atoms with Crippen molar-refractivity contribution >= 4 is 5.97 Å². The van der Waals surface area contributed by atoms with Crippen LogP contribution in [0.1, 0.15) is 34.1 Å². The lowest BCUT2D eigenvalue weighted by atomic mass is 9.67. The first-order valence-electron chi connectivity index (χ1n) is 5.97. The molecule has 1 rings (SSSR count). The summed E-state index contributed by atoms with van der Waals surface area (Å²) in [7, 11) is 0. The maximum Gasteiger partial charge on any atom is 0.306 e. The molecule has 0 amide bonds. The summed E-state index contributed by atoms with van der Waals surface area (Å²) < 4.78 is 0. The quantitative estimate of drug-likeness (QED) is 0.607. The Balaban J connectivity index is 3.07. The third-order valence-corrected chi connectivity index (χ3v) is 3.86. The summed E-state index contributed by atoms with van der Waals surface area (Å²) in [5.74, 6) is -2.66. The minimum absolute atomic E-state index is 0.126. The van der Waals surface area contributed by atoms with E-state index < -0.39 is 40.6 Å². The SMILES string of the molecule is CC1(C)CC(C(=O)O)C(CO[N+](=O)[O-])C(C)(C)N1[O]. The lowest BCUT2D eigenvalue weighted by Gasteiger charge is -2.53. The first kappa shape index (κ1) is 15.6. The van der Waals surface area contributed by atoms with Gasteiger partial charge in [-0.25, -0.2) is 0 Å². The Morgan fingerprint density at radius 1 is 1.47 bits per heavy atom. The molecule has 1 heterocycles. The number of piperidine rings is 1. The highest BCUT2D eigenvalue weighted by molar-refractivity contribution is 5.71. The normalized spacial score (nSPS) is 29.7. The number of hydrogen-bond acceptors (Lipinski definition) is 5. The van der Waals surface area contributed by atoms with Crippen LogP contribution in [-0.2, 0) is 14.8 Å². The Kier molecular flexibility index (Phi) is 4.06. The van der Waals surface area contributed by atoms with Gasteiger partial charge in [-0.1, -0.05) is 0 Å². The number of aliphatic carboxylic acids is 1. The smallest absolute Gasteiger partial charge is 0.306 e. The first-order chi connectivity index (χ1) is 8.50. The average Bonchev–Trinajstić information content (AvgIpc) is 2.24. The third kappa shape index (κ3) is 2.95. The van der Waals surface area contributed by atoms with Gasteiger partial charge < -0.3 is 9.94 Å². The van der Waals surface area contributed by atoms with Crippen LogP contribution in [0.3, 0.4) is 0 Å². The van der Waals surface area contributed by atoms with Crippen LogP contribution >= 0.6 is 0 Å². The van der Waals surface area contributed by atoms with Crippen LogP contribution < -0.4 is 0 Å². The summed E-state index contributed by atoms with van der Waals surface area (Å²) in [4.78, 5) is 25.9. The van der Waals surface area contributed by atoms with E-state index in [1.165, 1.54) is 0 Å². The van der Waals surface area contributed by atoms with Gasteiger partial charge in [0.25, 0.3) is 5.09 Å². The second-order valence-electron chi connectivity index (χ2n) is 6.04. The van der Waals surface area contributed by atoms with Crippen LogP contribution in [-0.4, -0.2) is 38.9 Å². The monoisotopic (exact) mass is 275 g/mol. The zero-order valence-electron chi connectivity index (χ0n) is 11.5. The Hall–Kier alpha value is -1.41. The number of rotatable bonds is 4. The molecule has 2 atom stereocenters. The van der Waals surface area contributed by atoms with Gasteiger partial charge in [0.1, 0.15) is 6.61 Å². The van der Waals surface area contributed by atoms with Gasteiger partial charge in [0.2, 0.25) is 0 Å². The fraction of sp³-hybridized carbons (Fsp3) is 0.909. The Bertz CT molecular complexity index is 381. The summed E-state index contributed by atoms with van der Waals surface area (Å²) in [6.07, 6.45) is 0.126. The molecule has 0 aliphatic carbocycles. The molecule has 1 N–H and O–H groups in total. The first-order valence-corrected chi connectivity index (χ1v) is 5.97. The topological polar surface area (TPSA) is 113 Å². The van der Waals surface area contributed by atoms with Gasteiger partial charge in [-0.05, 0) is 34.1 Å². The van der Waals surface area contributed by atoms with Crippen LogP contribution in [0, 0.1) is 22.0 Å². The van der Waals surface area contributed by atoms with E-state index in [1.54, 1.807) is 27.7 Å². The van der Waals surface area contributed by atoms with Crippen molar-refractivity contribution < 1.29 is 25.0 Å². The molecular weight excluding hydrogens is 256 g/mol. The molecule has 0 aromatic rings. The van der Waals surface area contributed by atoms with Crippen molar-refractivity contribution in [1.29, 1.82) is 0 Å². The molecule has 2 unspecified atom stereocenters. The van der Waals surface area contributed by atoms with E-state index in [0.29, 0.717) is 0 Å². The Morgan fingerprint density at radius 3 is 2.42 bits per heavy atom. The number of nitrogens with zero attached hydrogens (tertiary/aromatic N) is 2. The van der Waals surface area contributed by atoms with Crippen molar-refractivity contribution in [1.82, 2.24) is 5.06 Å². The molecule has 0 spiro atoms. The molecule has 19 heavy (non-hydrogen) atoms. The van der Waals surface area contributed by atoms with Gasteiger partial charge in [0, 0.05) is 17.0 Å². The highest BCUT2D eigenvalue weighted by Gasteiger charge is 2.55. The highest BCUT2D eigenvalue weighted by atomic mass is 16.9. The van der Waals surface area contributed by atoms with Crippen molar-refractivity contribution in [3.05, 3.63) is 10.1 Å². The summed E-state index contributed by atoms with van der Waals surface area (Å²) in [6.45, 7) is 6.12. The molecular formula is C11H19N2O6. The van der Waals surface area contributed by atoms with Crippen molar-refractivity contribution in [2.24, 2.45) is 11.8 Å². The van der Waals surface area contributed by atoms with E-state index in [9.17, 15) is 25.2 Å². The molecule has 0 aromatic carbocycles. The molecule has 1 saturated heterocycles. The van der Waals surface area contributed by atoms with Crippen LogP contribution in [0.25, 0.3) is 0 Å². The van der Waals surface area contributed by atoms with Crippen molar-refractivity contribution in [2.75, 3.05) is 6.61 Å². The Morgan fingerprint density at radius 2 is 2.00 bits per heavy atom. The summed E-state index contributed by atoms with van der Waals surface area (Å²) in [5.41, 5.74) is -1.89. The lowest BCUT2D eigenvalue weighted by Crippen LogP contribution is -2.65. The van der Waals surface area contributed by atoms with E-state index in [-0.39, 0.29) is 6.42 Å². The summed E-state index contributed by atoms with van der Waals surface area (Å²) in [6, 6.07) is 0. The molecule has 8 heteroatoms. The van der Waals surface area contributed by atoms with Crippen LogP contribution in [0.4, 0.5) is 0 Å². The maximum absolute atomic E-state index is 12.3. The predicted octanol–water partition coefficient (Wildman–Crippen LogP) is 1.12. The Labute approximate surface area is 111 Å². The molecule has 1 aliphatic rings. The average molecular weight is 275 g/mol. The lowest BCUT2D eigenvalue weighted by molar-refractivity contribution is -0.760. The molecule has 0 saturated carbocycles. The van der Waals surface area contributed by atoms with Gasteiger partial charge in [-0.15, -0.1) is 20.4 Å². The molecule has 0 aromatic heterocycles. The minimum atomic E-state index is -1.06. The highest BCUT2D eigenvalue weighted by Crippen LogP contribution is 2.44. The number of hydroxylamine groups is 2. The fourth-order valence-corrected chi connectivity index (χ4v) is 2.91. The zero-order valence-corrected chi connectivity index (χ0v) is 11.5. The van der Waals surface area contributed by atoms with Gasteiger partial charge in [-0.2, -0.15) is 0 Å². The fourth-order valence-electron chi connectivity index (χ4n) is 2.91. The largest absolute Gasteiger partial charge is 0.481 e. The van der Waals surface area contributed by atoms with Gasteiger partial charge in [0.15, 0.2) is 0 Å². The predicted molar refractivity (Wildman–Crippen MR) is 62.9 cm³/mol. The molecule has 1 fully saturated rings. The van der Waals surface area contributed by atoms with E-state index >= 15 is 0 Å². The minimum Gasteiger partial charge on any atom is -0.481 e. The van der Waals surface area contributed by atoms with E-state index in [1.807, 2.05) is 0 Å². The van der Waals surface area contributed by atoms with Gasteiger partial charge >= 0.3 is 5.97 Å². The summed E-state index contributed by atoms with van der Waals surface area (Å²) >= 11 is 0. The van der Waals surface area contributed by atoms with E-state index in [2.05, 4.69) is 4.84 Å². The molecule has 109 valence electrons. The van der Waals surface area contributed by atoms with Crippen molar-refractivity contribution in [3.63, 3.8) is 0 Å². The van der Waals surface area contributed by atoms with Gasteiger partial charge in [-0.3, -0.25) is 4.79 Å². The second-order valence-corrected chi connectivity index (χ2v) is 6.04. The number of carboxylic acids is 1.